The van der Waals surface area contributed by atoms with Crippen molar-refractivity contribution in [2.45, 2.75) is 101 Å². The SMILES string of the molecule is CC(C)(C)OC(=O)NCC1CCN(c2nc(Cl)ncc2F)CC1.CC(C)(C)OC(=O)NCC1CCNCC1.Fc1cnc(Cl)nc1Cl.NCC1CCN(c2nc(Nc3ccc(S(N)(=O)=O)cc3)ncc2F)CC1.Nc1ccc(S(N)(=O)=O)cc1. The minimum absolute atomic E-state index is 0.00605. The Kier molecular flexibility index (Phi) is 27.6. The standard InChI is InChI=1S/C16H21FN6O2S.C15H22ClFN4O2.C11H22N2O2.C6H8N2O2S.C4HCl2FN2/c17-14-10-20-16(21-12-1-3-13(4-2-12)26(19,24)25)22-15(14)23-7-5-11(9-18)6-8-23;1-15(2,3)23-14(22)19-8-10-4-6-21(7-5-10)12-11(17)9-18-13(16)20-12;1-11(2,3)15-10(14)13-8-9-4-6-12-7-5-9;7-5-1-3-6(4-2-5)11(8,9)10;5-3-2(7)1-8-4(6)9-3/h1-4,10-11H,5-9,18H2,(H2,19,24,25)(H,20,21,22);9-10H,4-8H2,1-3H3,(H,19,22);9,12H,4-8H2,1-3H3,(H,13,14);1-4H,7H2,(H2,8,9,10);1H. The van der Waals surface area contributed by atoms with E-state index in [9.17, 15) is 39.6 Å². The van der Waals surface area contributed by atoms with Gasteiger partial charge in [0.15, 0.2) is 34.2 Å². The van der Waals surface area contributed by atoms with Crippen LogP contribution in [0.4, 0.5) is 51.7 Å². The molecule has 0 saturated carbocycles. The number of nitrogens with two attached hydrogens (primary N) is 4. The Morgan fingerprint density at radius 2 is 1.02 bits per heavy atom. The highest BCUT2D eigenvalue weighted by atomic mass is 35.5. The summed E-state index contributed by atoms with van der Waals surface area (Å²) in [5, 5.41) is 21.5. The number of amides is 2. The monoisotopic (exact) mass is 1280 g/mol. The maximum absolute atomic E-state index is 14.2. The number of piperidine rings is 3. The van der Waals surface area contributed by atoms with Crippen LogP contribution in [0, 0.1) is 35.2 Å². The summed E-state index contributed by atoms with van der Waals surface area (Å²) >= 11 is 16.2. The molecule has 0 unspecified atom stereocenters. The van der Waals surface area contributed by atoms with Crippen molar-refractivity contribution in [1.82, 2.24) is 45.9 Å². The van der Waals surface area contributed by atoms with Crippen molar-refractivity contribution in [1.29, 1.82) is 0 Å². The molecular weight excluding hydrogens is 1200 g/mol. The van der Waals surface area contributed by atoms with Gasteiger partial charge in [-0.2, -0.15) is 9.97 Å². The van der Waals surface area contributed by atoms with Crippen LogP contribution in [0.5, 0.6) is 0 Å². The number of nitrogens with zero attached hydrogens (tertiary/aromatic N) is 8. The van der Waals surface area contributed by atoms with Crippen molar-refractivity contribution in [3.63, 3.8) is 0 Å². The number of alkyl carbamates (subject to hydrolysis) is 2. The first-order valence-corrected chi connectivity index (χ1v) is 30.7. The van der Waals surface area contributed by atoms with Crippen LogP contribution >= 0.6 is 34.8 Å². The van der Waals surface area contributed by atoms with Crippen molar-refractivity contribution in [3.8, 4) is 0 Å². The summed E-state index contributed by atoms with van der Waals surface area (Å²) < 4.78 is 94.4. The predicted octanol–water partition coefficient (Wildman–Crippen LogP) is 7.54. The maximum Gasteiger partial charge on any atom is 0.407 e. The van der Waals surface area contributed by atoms with Crippen molar-refractivity contribution < 1.29 is 49.1 Å². The van der Waals surface area contributed by atoms with Gasteiger partial charge in [-0.1, -0.05) is 11.6 Å². The van der Waals surface area contributed by atoms with Gasteiger partial charge in [0, 0.05) is 50.6 Å². The molecular formula is C52H74Cl3F3N16O8S2. The van der Waals surface area contributed by atoms with Crippen LogP contribution in [0.2, 0.25) is 15.7 Å². The van der Waals surface area contributed by atoms with Crippen molar-refractivity contribution in [2.75, 3.05) is 79.8 Å². The summed E-state index contributed by atoms with van der Waals surface area (Å²) in [6, 6.07) is 11.5. The minimum atomic E-state index is -3.75. The van der Waals surface area contributed by atoms with Gasteiger partial charge in [-0.05, 0) is 189 Å². The zero-order valence-corrected chi connectivity index (χ0v) is 51.3. The van der Waals surface area contributed by atoms with Gasteiger partial charge < -0.3 is 52.0 Å². The molecule has 24 nitrogen and oxygen atoms in total. The highest BCUT2D eigenvalue weighted by Gasteiger charge is 2.26. The van der Waals surface area contributed by atoms with E-state index in [1.807, 2.05) is 51.3 Å². The fourth-order valence-corrected chi connectivity index (χ4v) is 9.40. The van der Waals surface area contributed by atoms with Crippen molar-refractivity contribution >= 4 is 96.0 Å². The third kappa shape index (κ3) is 26.4. The van der Waals surface area contributed by atoms with Crippen molar-refractivity contribution in [2.24, 2.45) is 33.8 Å². The number of carbonyl (C=O) groups is 2. The van der Waals surface area contributed by atoms with Crippen LogP contribution in [0.3, 0.4) is 0 Å². The lowest BCUT2D eigenvalue weighted by Gasteiger charge is -2.33. The summed E-state index contributed by atoms with van der Waals surface area (Å²) in [6.45, 7) is 17.8. The smallest absolute Gasteiger partial charge is 0.407 e. The number of benzene rings is 2. The van der Waals surface area contributed by atoms with Gasteiger partial charge in [-0.15, -0.1) is 0 Å². The Labute approximate surface area is 503 Å². The molecule has 3 aromatic heterocycles. The molecule has 32 heteroatoms. The number of anilines is 5. The van der Waals surface area contributed by atoms with E-state index in [0.717, 1.165) is 76.7 Å². The summed E-state index contributed by atoms with van der Waals surface area (Å²) in [6.07, 6.45) is 8.14. The van der Waals surface area contributed by atoms with Gasteiger partial charge in [-0.3, -0.25) is 0 Å². The number of nitrogens with one attached hydrogen (secondary N) is 4. The summed E-state index contributed by atoms with van der Waals surface area (Å²) in [5.74, 6) is 0.490. The van der Waals surface area contributed by atoms with E-state index in [2.05, 4.69) is 51.2 Å². The van der Waals surface area contributed by atoms with E-state index in [4.69, 9.17) is 66.0 Å². The topological polar surface area (TPSA) is 357 Å². The second-order valence-electron chi connectivity index (χ2n) is 21.3. The zero-order chi connectivity index (χ0) is 62.4. The van der Waals surface area contributed by atoms with E-state index in [-0.39, 0.29) is 49.2 Å². The summed E-state index contributed by atoms with van der Waals surface area (Å²) in [7, 11) is -7.33. The van der Waals surface area contributed by atoms with Crippen LogP contribution in [0.15, 0.2) is 76.9 Å². The first-order valence-electron chi connectivity index (χ1n) is 26.4. The first kappa shape index (κ1) is 70.3. The van der Waals surface area contributed by atoms with E-state index in [0.29, 0.717) is 68.4 Å². The molecule has 3 saturated heterocycles. The number of ether oxygens (including phenoxy) is 2. The van der Waals surface area contributed by atoms with Crippen LogP contribution in [-0.2, 0) is 29.5 Å². The summed E-state index contributed by atoms with van der Waals surface area (Å²) in [4.78, 5) is 49.3. The number of sulfonamides is 2. The third-order valence-corrected chi connectivity index (χ3v) is 14.7. The number of nitrogen functional groups attached to an aromatic ring is 1. The molecule has 3 fully saturated rings. The lowest BCUT2D eigenvalue weighted by Crippen LogP contribution is -2.40. The molecule has 0 spiro atoms. The molecule has 0 radical (unpaired) electrons. The first-order chi connectivity index (χ1) is 39.3. The van der Waals surface area contributed by atoms with E-state index < -0.39 is 54.8 Å². The molecule has 2 amide bonds. The number of primary sulfonamides is 2. The zero-order valence-electron chi connectivity index (χ0n) is 47.4. The summed E-state index contributed by atoms with van der Waals surface area (Å²) in [5.41, 5.74) is 11.2. The molecule has 464 valence electrons. The predicted molar refractivity (Wildman–Crippen MR) is 317 cm³/mol. The molecule has 2 aromatic carbocycles. The van der Waals surface area contributed by atoms with Gasteiger partial charge >= 0.3 is 12.2 Å². The quantitative estimate of drug-likeness (QED) is 0.0359. The second kappa shape index (κ2) is 32.9. The lowest BCUT2D eigenvalue weighted by molar-refractivity contribution is 0.0505. The highest BCUT2D eigenvalue weighted by molar-refractivity contribution is 7.89. The van der Waals surface area contributed by atoms with E-state index in [1.54, 1.807) is 12.1 Å². The van der Waals surface area contributed by atoms with Crippen LogP contribution in [0.1, 0.15) is 80.1 Å². The average molecular weight is 1280 g/mol. The molecule has 6 heterocycles. The van der Waals surface area contributed by atoms with Crippen LogP contribution in [-0.4, -0.2) is 129 Å². The lowest BCUT2D eigenvalue weighted by atomic mass is 9.97. The van der Waals surface area contributed by atoms with Gasteiger partial charge in [0.05, 0.1) is 28.4 Å². The Bertz CT molecular complexity index is 3120. The van der Waals surface area contributed by atoms with Gasteiger partial charge in [0.2, 0.25) is 36.6 Å². The number of halogens is 6. The number of rotatable bonds is 11. The average Bonchev–Trinajstić information content (AvgIpc) is 3.51. The maximum atomic E-state index is 14.2. The Morgan fingerprint density at radius 3 is 1.45 bits per heavy atom. The van der Waals surface area contributed by atoms with Gasteiger partial charge in [-0.25, -0.2) is 69.8 Å². The highest BCUT2D eigenvalue weighted by Crippen LogP contribution is 2.27. The number of aromatic nitrogens is 6. The molecule has 84 heavy (non-hydrogen) atoms. The number of hydrogen-bond donors (Lipinski definition) is 8. The van der Waals surface area contributed by atoms with Crippen LogP contribution < -0.4 is 52.8 Å². The second-order valence-corrected chi connectivity index (χ2v) is 25.5. The van der Waals surface area contributed by atoms with E-state index >= 15 is 0 Å². The Balaban J connectivity index is 0.000000237. The molecule has 8 rings (SSSR count). The number of carbonyl (C=O) groups excluding carboxylic acids is 2. The van der Waals surface area contributed by atoms with Crippen molar-refractivity contribution in [3.05, 3.63) is 100 Å². The number of hydrogen-bond acceptors (Lipinski definition) is 20. The molecule has 12 N–H and O–H groups in total. The normalized spacial score (nSPS) is 15.2. The van der Waals surface area contributed by atoms with E-state index in [1.165, 1.54) is 36.4 Å². The molecule has 3 aliphatic heterocycles. The fourth-order valence-electron chi connectivity index (χ4n) is 7.94. The minimum Gasteiger partial charge on any atom is -0.444 e. The van der Waals surface area contributed by atoms with Gasteiger partial charge in [0.25, 0.3) is 0 Å². The van der Waals surface area contributed by atoms with Crippen LogP contribution in [0.25, 0.3) is 0 Å². The fraction of sp³-hybridized carbons (Fsp3) is 0.500. The molecule has 5 aromatic rings. The molecule has 0 atom stereocenters. The largest absolute Gasteiger partial charge is 0.444 e. The molecule has 0 aliphatic carbocycles. The van der Waals surface area contributed by atoms with Gasteiger partial charge in [0.1, 0.15) is 11.2 Å². The third-order valence-electron chi connectivity index (χ3n) is 12.2. The Morgan fingerprint density at radius 1 is 0.619 bits per heavy atom. The molecule has 3 aliphatic rings. The molecule has 0 bridgehead atoms. The Hall–Kier alpha value is -6.18.